The molecule has 0 spiro atoms. The van der Waals surface area contributed by atoms with E-state index in [1.807, 2.05) is 37.0 Å². The van der Waals surface area contributed by atoms with Gasteiger partial charge in [-0.05, 0) is 66.1 Å². The highest BCUT2D eigenvalue weighted by Crippen LogP contribution is 2.39. The third kappa shape index (κ3) is 5.73. The molecular formula is C24H25N5O3S2. The van der Waals surface area contributed by atoms with Crippen molar-refractivity contribution in [2.45, 2.75) is 32.7 Å². The number of amides is 2. The van der Waals surface area contributed by atoms with Crippen molar-refractivity contribution < 1.29 is 14.3 Å². The maximum atomic E-state index is 12.3. The normalized spacial score (nSPS) is 15.0. The van der Waals surface area contributed by atoms with Crippen molar-refractivity contribution in [3.63, 3.8) is 0 Å². The summed E-state index contributed by atoms with van der Waals surface area (Å²) >= 11 is 3.00. The van der Waals surface area contributed by atoms with Crippen molar-refractivity contribution in [2.75, 3.05) is 11.9 Å². The van der Waals surface area contributed by atoms with Gasteiger partial charge in [-0.25, -0.2) is 4.79 Å². The molecule has 0 radical (unpaired) electrons. The van der Waals surface area contributed by atoms with Crippen LogP contribution in [0.2, 0.25) is 0 Å². The van der Waals surface area contributed by atoms with E-state index in [4.69, 9.17) is 4.74 Å². The van der Waals surface area contributed by atoms with Crippen LogP contribution in [-0.4, -0.2) is 28.4 Å². The third-order valence-electron chi connectivity index (χ3n) is 5.67. The summed E-state index contributed by atoms with van der Waals surface area (Å²) < 4.78 is 7.16. The highest BCUT2D eigenvalue weighted by molar-refractivity contribution is 7.16. The van der Waals surface area contributed by atoms with E-state index in [0.717, 1.165) is 40.1 Å². The van der Waals surface area contributed by atoms with E-state index in [1.165, 1.54) is 17.4 Å². The van der Waals surface area contributed by atoms with Crippen LogP contribution in [0.25, 0.3) is 6.08 Å². The van der Waals surface area contributed by atoms with Crippen molar-refractivity contribution in [1.29, 1.82) is 5.26 Å². The third-order valence-corrected chi connectivity index (χ3v) is 7.55. The minimum Gasteiger partial charge on any atom is -0.449 e. The number of rotatable bonds is 7. The molecule has 0 aromatic carbocycles. The van der Waals surface area contributed by atoms with Gasteiger partial charge < -0.3 is 15.4 Å². The minimum atomic E-state index is -0.455. The lowest BCUT2D eigenvalue weighted by atomic mass is 9.88. The summed E-state index contributed by atoms with van der Waals surface area (Å²) in [6, 6.07) is 4.19. The second-order valence-corrected chi connectivity index (χ2v) is 10.1. The average Bonchev–Trinajstić information content (AvgIpc) is 3.53. The molecule has 1 atom stereocenters. The predicted octanol–water partition coefficient (Wildman–Crippen LogP) is 4.41. The number of fused-ring (bicyclic) bond motifs is 1. The van der Waals surface area contributed by atoms with Crippen LogP contribution in [0, 0.1) is 24.2 Å². The van der Waals surface area contributed by atoms with E-state index in [0.29, 0.717) is 30.1 Å². The van der Waals surface area contributed by atoms with E-state index < -0.39 is 6.09 Å². The molecule has 3 heterocycles. The standard InChI is InChI=1S/C24H25N5O3S2/c1-15-18(12-29(2)28-15)11-26-24(31)32-13-17-3-5-19-20(10-25)23(34-21(19)9-17)27-22(30)6-4-16-7-8-33-14-16/h4,6-8,12,14,17H,3,5,9,11,13H2,1-2H3,(H,26,31)(H,27,30)/b6-4+. The fraction of sp³-hybridized carbons (Fsp3) is 0.333. The van der Waals surface area contributed by atoms with Crippen molar-refractivity contribution in [2.24, 2.45) is 13.0 Å². The van der Waals surface area contributed by atoms with E-state index in [-0.39, 0.29) is 11.8 Å². The molecular weight excluding hydrogens is 470 g/mol. The Hall–Kier alpha value is -3.42. The van der Waals surface area contributed by atoms with Crippen LogP contribution in [0.15, 0.2) is 29.1 Å². The molecule has 8 nitrogen and oxygen atoms in total. The SMILES string of the molecule is Cc1nn(C)cc1CNC(=O)OCC1CCc2c(sc(NC(=O)/C=C/c3ccsc3)c2C#N)C1. The molecule has 176 valence electrons. The molecule has 1 unspecified atom stereocenters. The zero-order chi connectivity index (χ0) is 24.1. The van der Waals surface area contributed by atoms with Crippen LogP contribution < -0.4 is 10.6 Å². The van der Waals surface area contributed by atoms with Gasteiger partial charge in [-0.3, -0.25) is 9.48 Å². The first-order chi connectivity index (χ1) is 16.4. The van der Waals surface area contributed by atoms with Gasteiger partial charge in [-0.1, -0.05) is 0 Å². The van der Waals surface area contributed by atoms with Gasteiger partial charge in [0.05, 0.1) is 17.9 Å². The fourth-order valence-electron chi connectivity index (χ4n) is 3.93. The molecule has 0 saturated carbocycles. The highest BCUT2D eigenvalue weighted by atomic mass is 32.1. The summed E-state index contributed by atoms with van der Waals surface area (Å²) in [5, 5.41) is 24.0. The molecule has 4 rings (SSSR count). The number of anilines is 1. The van der Waals surface area contributed by atoms with Gasteiger partial charge >= 0.3 is 6.09 Å². The molecule has 3 aromatic heterocycles. The van der Waals surface area contributed by atoms with Crippen molar-refractivity contribution in [1.82, 2.24) is 15.1 Å². The van der Waals surface area contributed by atoms with Crippen molar-refractivity contribution in [3.8, 4) is 6.07 Å². The fourth-order valence-corrected chi connectivity index (χ4v) is 5.88. The zero-order valence-corrected chi connectivity index (χ0v) is 20.6. The topological polar surface area (TPSA) is 109 Å². The maximum absolute atomic E-state index is 12.3. The molecule has 0 bridgehead atoms. The number of aryl methyl sites for hydroxylation is 2. The summed E-state index contributed by atoms with van der Waals surface area (Å²) in [6.07, 6.45) is 6.89. The summed E-state index contributed by atoms with van der Waals surface area (Å²) in [5.41, 5.74) is 4.33. The van der Waals surface area contributed by atoms with Crippen molar-refractivity contribution >= 4 is 45.8 Å². The highest BCUT2D eigenvalue weighted by Gasteiger charge is 2.27. The Labute approximate surface area is 205 Å². The Bertz CT molecular complexity index is 1250. The molecule has 3 aromatic rings. The predicted molar refractivity (Wildman–Crippen MR) is 133 cm³/mol. The van der Waals surface area contributed by atoms with E-state index in [1.54, 1.807) is 22.1 Å². The molecule has 0 fully saturated rings. The second kappa shape index (κ2) is 10.7. The average molecular weight is 496 g/mol. The number of carbonyl (C=O) groups excluding carboxylic acids is 2. The molecule has 34 heavy (non-hydrogen) atoms. The molecule has 0 saturated heterocycles. The monoisotopic (exact) mass is 495 g/mol. The molecule has 1 aliphatic carbocycles. The van der Waals surface area contributed by atoms with Gasteiger partial charge in [-0.2, -0.15) is 21.7 Å². The Morgan fingerprint density at radius 1 is 1.44 bits per heavy atom. The number of thiophene rings is 2. The second-order valence-electron chi connectivity index (χ2n) is 8.17. The lowest BCUT2D eigenvalue weighted by Crippen LogP contribution is -2.27. The van der Waals surface area contributed by atoms with E-state index in [2.05, 4.69) is 21.8 Å². The number of aromatic nitrogens is 2. The first-order valence-corrected chi connectivity index (χ1v) is 12.6. The van der Waals surface area contributed by atoms with Crippen molar-refractivity contribution in [3.05, 3.63) is 61.9 Å². The number of alkyl carbamates (subject to hydrolysis) is 1. The number of ether oxygens (including phenoxy) is 1. The Morgan fingerprint density at radius 2 is 2.29 bits per heavy atom. The van der Waals surface area contributed by atoms with Crippen LogP contribution in [0.5, 0.6) is 0 Å². The molecule has 2 N–H and O–H groups in total. The first-order valence-electron chi connectivity index (χ1n) is 10.9. The van der Waals surface area contributed by atoms with E-state index >= 15 is 0 Å². The zero-order valence-electron chi connectivity index (χ0n) is 19.0. The molecule has 1 aliphatic rings. The Morgan fingerprint density at radius 3 is 3.00 bits per heavy atom. The molecule has 10 heteroatoms. The summed E-state index contributed by atoms with van der Waals surface area (Å²) in [6.45, 7) is 2.57. The number of hydrogen-bond acceptors (Lipinski definition) is 7. The van der Waals surface area contributed by atoms with Crippen LogP contribution in [-0.2, 0) is 36.0 Å². The van der Waals surface area contributed by atoms with Gasteiger partial charge in [0, 0.05) is 36.3 Å². The summed E-state index contributed by atoms with van der Waals surface area (Å²) in [5.74, 6) is -0.0905. The Balaban J connectivity index is 1.31. The Kier molecular flexibility index (Phi) is 7.45. The van der Waals surface area contributed by atoms with Crippen LogP contribution in [0.3, 0.4) is 0 Å². The summed E-state index contributed by atoms with van der Waals surface area (Å²) in [7, 11) is 1.84. The minimum absolute atomic E-state index is 0.172. The maximum Gasteiger partial charge on any atom is 0.407 e. The van der Waals surface area contributed by atoms with Crippen LogP contribution in [0.4, 0.5) is 9.80 Å². The molecule has 0 aliphatic heterocycles. The van der Waals surface area contributed by atoms with Gasteiger partial charge in [0.15, 0.2) is 0 Å². The number of nitrogens with one attached hydrogen (secondary N) is 2. The number of nitriles is 1. The smallest absolute Gasteiger partial charge is 0.407 e. The number of nitrogens with zero attached hydrogens (tertiary/aromatic N) is 3. The quantitative estimate of drug-likeness (QED) is 0.472. The lowest BCUT2D eigenvalue weighted by Gasteiger charge is -2.21. The summed E-state index contributed by atoms with van der Waals surface area (Å²) in [4.78, 5) is 25.6. The lowest BCUT2D eigenvalue weighted by molar-refractivity contribution is -0.111. The van der Waals surface area contributed by atoms with Crippen LogP contribution >= 0.6 is 22.7 Å². The van der Waals surface area contributed by atoms with Gasteiger partial charge in [0.25, 0.3) is 0 Å². The van der Waals surface area contributed by atoms with Gasteiger partial charge in [-0.15, -0.1) is 11.3 Å². The number of hydrogen-bond donors (Lipinski definition) is 2. The van der Waals surface area contributed by atoms with Crippen LogP contribution in [0.1, 0.15) is 39.2 Å². The van der Waals surface area contributed by atoms with Gasteiger partial charge in [0.2, 0.25) is 5.91 Å². The largest absolute Gasteiger partial charge is 0.449 e. The first kappa shape index (κ1) is 23.7. The van der Waals surface area contributed by atoms with E-state index in [9.17, 15) is 14.9 Å². The van der Waals surface area contributed by atoms with Gasteiger partial charge in [0.1, 0.15) is 11.1 Å². The molecule has 2 amide bonds. The number of carbonyl (C=O) groups is 2.